The highest BCUT2D eigenvalue weighted by Crippen LogP contribution is 2.39. The van der Waals surface area contributed by atoms with Gasteiger partial charge in [0, 0.05) is 25.2 Å². The van der Waals surface area contributed by atoms with E-state index in [0.29, 0.717) is 12.2 Å². The molecule has 0 unspecified atom stereocenters. The molecule has 1 aliphatic rings. The van der Waals surface area contributed by atoms with Crippen LogP contribution in [-0.2, 0) is 10.2 Å². The summed E-state index contributed by atoms with van der Waals surface area (Å²) in [7, 11) is 1.67. The zero-order valence-electron chi connectivity index (χ0n) is 14.0. The Hall–Kier alpha value is -1.77. The van der Waals surface area contributed by atoms with E-state index in [2.05, 4.69) is 24.5 Å². The summed E-state index contributed by atoms with van der Waals surface area (Å²) in [6.07, 6.45) is 3.25. The van der Waals surface area contributed by atoms with Crippen molar-refractivity contribution in [2.45, 2.75) is 44.9 Å². The van der Waals surface area contributed by atoms with Gasteiger partial charge in [0.1, 0.15) is 11.5 Å². The normalized spacial score (nSPS) is 17.1. The molecule has 0 saturated carbocycles. The predicted molar refractivity (Wildman–Crippen MR) is 90.2 cm³/mol. The number of ether oxygens (including phenoxy) is 1. The number of benzene rings is 1. The Bertz CT molecular complexity index is 542. The molecule has 1 fully saturated rings. The molecule has 1 heterocycles. The maximum Gasteiger partial charge on any atom is 0.143 e. The van der Waals surface area contributed by atoms with Gasteiger partial charge >= 0.3 is 0 Å². The highest BCUT2D eigenvalue weighted by Gasteiger charge is 2.42. The number of ketones is 1. The van der Waals surface area contributed by atoms with Crippen molar-refractivity contribution in [2.24, 2.45) is 0 Å². The Balaban J connectivity index is 2.35. The topological polar surface area (TPSA) is 29.5 Å². The number of Topliss-reactive ketones (excluding diaryl/α,β-unsaturated/α-hetero) is 1. The third-order valence-electron chi connectivity index (χ3n) is 4.79. The van der Waals surface area contributed by atoms with Crippen LogP contribution in [0.1, 0.15) is 45.1 Å². The summed E-state index contributed by atoms with van der Waals surface area (Å²) in [5.41, 5.74) is 1.82. The second-order valence-electron chi connectivity index (χ2n) is 6.21. The minimum absolute atomic E-state index is 0.365. The van der Waals surface area contributed by atoms with Crippen molar-refractivity contribution in [1.82, 2.24) is 4.90 Å². The molecule has 0 aliphatic carbocycles. The van der Waals surface area contributed by atoms with Gasteiger partial charge < -0.3 is 9.64 Å². The van der Waals surface area contributed by atoms with Crippen LogP contribution >= 0.6 is 0 Å². The fraction of sp³-hybridized carbons (Fsp3) is 0.526. The van der Waals surface area contributed by atoms with Gasteiger partial charge in [-0.05, 0) is 43.9 Å². The van der Waals surface area contributed by atoms with Crippen molar-refractivity contribution >= 4 is 5.78 Å². The first kappa shape index (κ1) is 16.6. The Morgan fingerprint density at radius 1 is 1.36 bits per heavy atom. The van der Waals surface area contributed by atoms with E-state index in [1.165, 1.54) is 0 Å². The van der Waals surface area contributed by atoms with Crippen LogP contribution in [0.4, 0.5) is 0 Å². The first-order chi connectivity index (χ1) is 10.5. The van der Waals surface area contributed by atoms with E-state index in [9.17, 15) is 4.79 Å². The van der Waals surface area contributed by atoms with Gasteiger partial charge in [0.2, 0.25) is 0 Å². The number of hydrogen-bond donors (Lipinski definition) is 0. The van der Waals surface area contributed by atoms with Crippen molar-refractivity contribution in [3.63, 3.8) is 0 Å². The summed E-state index contributed by atoms with van der Waals surface area (Å²) in [5.74, 6) is 1.19. The molecule has 1 aromatic rings. The van der Waals surface area contributed by atoms with Crippen molar-refractivity contribution < 1.29 is 9.53 Å². The van der Waals surface area contributed by atoms with E-state index >= 15 is 0 Å². The molecular formula is C19H27NO2. The zero-order valence-corrected chi connectivity index (χ0v) is 14.0. The first-order valence-corrected chi connectivity index (χ1v) is 8.12. The van der Waals surface area contributed by atoms with Crippen molar-refractivity contribution in [2.75, 3.05) is 20.2 Å². The Morgan fingerprint density at radius 2 is 2.05 bits per heavy atom. The van der Waals surface area contributed by atoms with Gasteiger partial charge in [-0.15, -0.1) is 0 Å². The largest absolute Gasteiger partial charge is 0.497 e. The summed E-state index contributed by atoms with van der Waals surface area (Å²) in [6, 6.07) is 8.03. The van der Waals surface area contributed by atoms with Crippen LogP contribution in [-0.4, -0.2) is 30.9 Å². The van der Waals surface area contributed by atoms with Crippen molar-refractivity contribution in [1.29, 1.82) is 0 Å². The third kappa shape index (κ3) is 3.18. The lowest BCUT2D eigenvalue weighted by Crippen LogP contribution is -2.46. The molecule has 1 aliphatic heterocycles. The quantitative estimate of drug-likeness (QED) is 0.797. The SMILES string of the molecule is C=C(C)N1CCC(C(=O)CCC)(c2cccc(OC)c2)CC1. The lowest BCUT2D eigenvalue weighted by molar-refractivity contribution is -0.126. The second-order valence-corrected chi connectivity index (χ2v) is 6.21. The van der Waals surface area contributed by atoms with E-state index in [1.807, 2.05) is 25.1 Å². The van der Waals surface area contributed by atoms with E-state index in [0.717, 1.165) is 49.4 Å². The maximum atomic E-state index is 12.9. The summed E-state index contributed by atoms with van der Waals surface area (Å²) in [5, 5.41) is 0. The lowest BCUT2D eigenvalue weighted by Gasteiger charge is -2.42. The minimum atomic E-state index is -0.365. The minimum Gasteiger partial charge on any atom is -0.497 e. The summed E-state index contributed by atoms with van der Waals surface area (Å²) < 4.78 is 5.35. The summed E-state index contributed by atoms with van der Waals surface area (Å²) in [4.78, 5) is 15.2. The average Bonchev–Trinajstić information content (AvgIpc) is 2.55. The molecule has 0 atom stereocenters. The third-order valence-corrected chi connectivity index (χ3v) is 4.79. The molecule has 0 aromatic heterocycles. The number of allylic oxidation sites excluding steroid dienone is 1. The van der Waals surface area contributed by atoms with Crippen LogP contribution < -0.4 is 4.74 Å². The zero-order chi connectivity index (χ0) is 16.2. The van der Waals surface area contributed by atoms with Gasteiger partial charge in [0.05, 0.1) is 12.5 Å². The fourth-order valence-corrected chi connectivity index (χ4v) is 3.39. The maximum absolute atomic E-state index is 12.9. The molecule has 22 heavy (non-hydrogen) atoms. The van der Waals surface area contributed by atoms with Crippen LogP contribution in [0.25, 0.3) is 0 Å². The number of rotatable bonds is 6. The van der Waals surface area contributed by atoms with Gasteiger partial charge in [-0.2, -0.15) is 0 Å². The molecule has 120 valence electrons. The van der Waals surface area contributed by atoms with E-state index in [4.69, 9.17) is 4.74 Å². The molecule has 0 N–H and O–H groups in total. The highest BCUT2D eigenvalue weighted by molar-refractivity contribution is 5.90. The molecule has 1 saturated heterocycles. The number of carbonyl (C=O) groups is 1. The molecule has 2 rings (SSSR count). The molecular weight excluding hydrogens is 274 g/mol. The van der Waals surface area contributed by atoms with E-state index in [-0.39, 0.29) is 5.41 Å². The molecule has 0 bridgehead atoms. The van der Waals surface area contributed by atoms with Crippen LogP contribution in [0.3, 0.4) is 0 Å². The number of hydrogen-bond acceptors (Lipinski definition) is 3. The molecule has 0 amide bonds. The predicted octanol–water partition coefficient (Wildman–Crippen LogP) is 3.93. The number of likely N-dealkylation sites (tertiary alicyclic amines) is 1. The average molecular weight is 301 g/mol. The highest BCUT2D eigenvalue weighted by atomic mass is 16.5. The van der Waals surface area contributed by atoms with Crippen LogP contribution in [0.2, 0.25) is 0 Å². The van der Waals surface area contributed by atoms with Gasteiger partial charge in [-0.25, -0.2) is 0 Å². The molecule has 0 radical (unpaired) electrons. The summed E-state index contributed by atoms with van der Waals surface area (Å²) in [6.45, 7) is 9.91. The van der Waals surface area contributed by atoms with Gasteiger partial charge in [-0.1, -0.05) is 25.6 Å². The molecule has 1 aromatic carbocycles. The van der Waals surface area contributed by atoms with Crippen LogP contribution in [0.15, 0.2) is 36.5 Å². The first-order valence-electron chi connectivity index (χ1n) is 8.12. The number of nitrogens with zero attached hydrogens (tertiary/aromatic N) is 1. The van der Waals surface area contributed by atoms with E-state index < -0.39 is 0 Å². The van der Waals surface area contributed by atoms with Crippen LogP contribution in [0, 0.1) is 0 Å². The molecule has 3 nitrogen and oxygen atoms in total. The molecule has 3 heteroatoms. The second kappa shape index (κ2) is 6.99. The van der Waals surface area contributed by atoms with Crippen LogP contribution in [0.5, 0.6) is 5.75 Å². The molecule has 0 spiro atoms. The Morgan fingerprint density at radius 3 is 2.59 bits per heavy atom. The van der Waals surface area contributed by atoms with Crippen molar-refractivity contribution in [3.05, 3.63) is 42.1 Å². The summed E-state index contributed by atoms with van der Waals surface area (Å²) >= 11 is 0. The van der Waals surface area contributed by atoms with Gasteiger partial charge in [0.25, 0.3) is 0 Å². The standard InChI is InChI=1S/C19H27NO2/c1-5-7-18(21)19(10-12-20(13-11-19)15(2)3)16-8-6-9-17(14-16)22-4/h6,8-9,14H,2,5,7,10-13H2,1,3-4H3. The van der Waals surface area contributed by atoms with E-state index in [1.54, 1.807) is 7.11 Å². The van der Waals surface area contributed by atoms with Gasteiger partial charge in [0.15, 0.2) is 0 Å². The van der Waals surface area contributed by atoms with Gasteiger partial charge in [-0.3, -0.25) is 4.79 Å². The smallest absolute Gasteiger partial charge is 0.143 e. The lowest BCUT2D eigenvalue weighted by atomic mass is 9.68. The number of methoxy groups -OCH3 is 1. The Labute approximate surface area is 134 Å². The number of piperidine rings is 1. The fourth-order valence-electron chi connectivity index (χ4n) is 3.39. The monoisotopic (exact) mass is 301 g/mol. The number of carbonyl (C=O) groups excluding carboxylic acids is 1. The van der Waals surface area contributed by atoms with Crippen molar-refractivity contribution in [3.8, 4) is 5.75 Å². The Kier molecular flexibility index (Phi) is 5.28.